The highest BCUT2D eigenvalue weighted by molar-refractivity contribution is 5.97. The molecular formula is C26H36N4O3. The predicted octanol–water partition coefficient (Wildman–Crippen LogP) is 3.42. The van der Waals surface area contributed by atoms with E-state index in [4.69, 9.17) is 0 Å². The topological polar surface area (TPSA) is 100 Å². The Kier molecular flexibility index (Phi) is 10.5. The van der Waals surface area contributed by atoms with Crippen molar-refractivity contribution in [2.75, 3.05) is 13.1 Å². The summed E-state index contributed by atoms with van der Waals surface area (Å²) < 4.78 is 0. The molecule has 0 aliphatic rings. The van der Waals surface area contributed by atoms with E-state index < -0.39 is 11.9 Å². The Balaban J connectivity index is 2.04. The van der Waals surface area contributed by atoms with Crippen LogP contribution in [0.1, 0.15) is 72.0 Å². The van der Waals surface area contributed by atoms with Crippen LogP contribution in [0.5, 0.6) is 0 Å². The number of pyridine rings is 1. The Morgan fingerprint density at radius 1 is 0.970 bits per heavy atom. The van der Waals surface area contributed by atoms with Crippen LogP contribution in [0, 0.1) is 12.8 Å². The third kappa shape index (κ3) is 9.04. The van der Waals surface area contributed by atoms with E-state index in [9.17, 15) is 14.4 Å². The maximum atomic E-state index is 12.8. The summed E-state index contributed by atoms with van der Waals surface area (Å²) in [7, 11) is 0. The summed E-state index contributed by atoms with van der Waals surface area (Å²) in [6.07, 6.45) is 5.58. The van der Waals surface area contributed by atoms with Gasteiger partial charge in [-0.2, -0.15) is 0 Å². The summed E-state index contributed by atoms with van der Waals surface area (Å²) in [6, 6.07) is 9.79. The molecule has 178 valence electrons. The first-order valence-electron chi connectivity index (χ1n) is 11.7. The third-order valence-corrected chi connectivity index (χ3v) is 5.30. The molecule has 0 saturated heterocycles. The van der Waals surface area contributed by atoms with Crippen LogP contribution in [0.2, 0.25) is 0 Å². The molecule has 2 rings (SSSR count). The lowest BCUT2D eigenvalue weighted by Gasteiger charge is -2.19. The first-order chi connectivity index (χ1) is 15.8. The molecule has 0 saturated carbocycles. The van der Waals surface area contributed by atoms with Crippen molar-refractivity contribution >= 4 is 17.7 Å². The van der Waals surface area contributed by atoms with Crippen LogP contribution in [0.15, 0.2) is 42.6 Å². The van der Waals surface area contributed by atoms with Crippen molar-refractivity contribution in [3.05, 3.63) is 65.0 Å². The van der Waals surface area contributed by atoms with E-state index in [0.717, 1.165) is 36.8 Å². The highest BCUT2D eigenvalue weighted by atomic mass is 16.2. The number of rotatable bonds is 12. The van der Waals surface area contributed by atoms with Gasteiger partial charge in [0, 0.05) is 24.8 Å². The maximum Gasteiger partial charge on any atom is 0.270 e. The van der Waals surface area contributed by atoms with Gasteiger partial charge in [-0.1, -0.05) is 51.0 Å². The molecule has 0 unspecified atom stereocenters. The van der Waals surface area contributed by atoms with Gasteiger partial charge in [-0.15, -0.1) is 0 Å². The van der Waals surface area contributed by atoms with E-state index in [0.29, 0.717) is 18.0 Å². The smallest absolute Gasteiger partial charge is 0.270 e. The molecule has 0 bridgehead atoms. The van der Waals surface area contributed by atoms with Crippen LogP contribution in [0.3, 0.4) is 0 Å². The van der Waals surface area contributed by atoms with Crippen LogP contribution in [0.25, 0.3) is 0 Å². The molecule has 7 heteroatoms. The molecular weight excluding hydrogens is 416 g/mol. The van der Waals surface area contributed by atoms with Crippen LogP contribution < -0.4 is 16.0 Å². The fourth-order valence-corrected chi connectivity index (χ4v) is 3.14. The summed E-state index contributed by atoms with van der Waals surface area (Å²) in [5, 5.41) is 8.32. The Morgan fingerprint density at radius 2 is 1.70 bits per heavy atom. The van der Waals surface area contributed by atoms with E-state index >= 15 is 0 Å². The van der Waals surface area contributed by atoms with Crippen LogP contribution in [0.4, 0.5) is 0 Å². The molecule has 0 aliphatic heterocycles. The van der Waals surface area contributed by atoms with Crippen LogP contribution in [-0.2, 0) is 11.2 Å². The van der Waals surface area contributed by atoms with Crippen molar-refractivity contribution in [3.63, 3.8) is 0 Å². The molecule has 1 heterocycles. The summed E-state index contributed by atoms with van der Waals surface area (Å²) >= 11 is 0. The standard InChI is InChI=1S/C26H36N4O3/c1-5-6-7-20-10-13-22(28-16-20)26(33)30-23(25(32)27-15-14-18(2)3)17-29-24(31)21-11-8-19(4)9-12-21/h8-13,16,18,23H,5-7,14-15,17H2,1-4H3,(H,27,32)(H,29,31)(H,30,33)/t23-/m0/s1. The number of carbonyl (C=O) groups is 3. The molecule has 0 fully saturated rings. The zero-order valence-corrected chi connectivity index (χ0v) is 20.1. The average Bonchev–Trinajstić information content (AvgIpc) is 2.80. The molecule has 1 aromatic heterocycles. The minimum absolute atomic E-state index is 0.0272. The summed E-state index contributed by atoms with van der Waals surface area (Å²) in [5.74, 6) is -0.656. The minimum atomic E-state index is -0.916. The van der Waals surface area contributed by atoms with Gasteiger partial charge in [0.05, 0.1) is 0 Å². The second-order valence-electron chi connectivity index (χ2n) is 8.73. The fourth-order valence-electron chi connectivity index (χ4n) is 3.14. The van der Waals surface area contributed by atoms with Crippen molar-refractivity contribution in [3.8, 4) is 0 Å². The Morgan fingerprint density at radius 3 is 2.30 bits per heavy atom. The normalized spacial score (nSPS) is 11.7. The Hall–Kier alpha value is -3.22. The van der Waals surface area contributed by atoms with Crippen LogP contribution >= 0.6 is 0 Å². The largest absolute Gasteiger partial charge is 0.354 e. The SMILES string of the molecule is CCCCc1ccc(C(=O)N[C@@H](CNC(=O)c2ccc(C)cc2)C(=O)NCCC(C)C)nc1. The van der Waals surface area contributed by atoms with Gasteiger partial charge in [-0.05, 0) is 55.9 Å². The number of benzene rings is 1. The molecule has 33 heavy (non-hydrogen) atoms. The lowest BCUT2D eigenvalue weighted by Crippen LogP contribution is -2.53. The highest BCUT2D eigenvalue weighted by Gasteiger charge is 2.23. The molecule has 0 spiro atoms. The van der Waals surface area contributed by atoms with Crippen molar-refractivity contribution < 1.29 is 14.4 Å². The molecule has 1 atom stereocenters. The van der Waals surface area contributed by atoms with Gasteiger partial charge in [0.25, 0.3) is 11.8 Å². The van der Waals surface area contributed by atoms with Gasteiger partial charge in [0.15, 0.2) is 0 Å². The number of hydrogen-bond donors (Lipinski definition) is 3. The molecule has 0 radical (unpaired) electrons. The molecule has 2 aromatic rings. The number of hydrogen-bond acceptors (Lipinski definition) is 4. The van der Waals surface area contributed by atoms with Gasteiger partial charge in [0.2, 0.25) is 5.91 Å². The molecule has 3 amide bonds. The Bertz CT molecular complexity index is 908. The lowest BCUT2D eigenvalue weighted by atomic mass is 10.1. The molecule has 7 nitrogen and oxygen atoms in total. The fraction of sp³-hybridized carbons (Fsp3) is 0.462. The first kappa shape index (κ1) is 26.0. The number of aryl methyl sites for hydroxylation is 2. The second kappa shape index (κ2) is 13.4. The molecule has 0 aliphatic carbocycles. The van der Waals surface area contributed by atoms with E-state index in [2.05, 4.69) is 41.7 Å². The van der Waals surface area contributed by atoms with E-state index in [1.54, 1.807) is 24.4 Å². The lowest BCUT2D eigenvalue weighted by molar-refractivity contribution is -0.122. The molecule has 1 aromatic carbocycles. The zero-order valence-electron chi connectivity index (χ0n) is 20.1. The van der Waals surface area contributed by atoms with E-state index in [1.807, 2.05) is 25.1 Å². The van der Waals surface area contributed by atoms with E-state index in [-0.39, 0.29) is 24.1 Å². The van der Waals surface area contributed by atoms with Gasteiger partial charge >= 0.3 is 0 Å². The van der Waals surface area contributed by atoms with E-state index in [1.165, 1.54) is 0 Å². The predicted molar refractivity (Wildman–Crippen MR) is 130 cm³/mol. The number of nitrogens with zero attached hydrogens (tertiary/aromatic N) is 1. The average molecular weight is 453 g/mol. The summed E-state index contributed by atoms with van der Waals surface area (Å²) in [5.41, 5.74) is 2.85. The number of carbonyl (C=O) groups excluding carboxylic acids is 3. The highest BCUT2D eigenvalue weighted by Crippen LogP contribution is 2.06. The quantitative estimate of drug-likeness (QED) is 0.459. The van der Waals surface area contributed by atoms with Gasteiger partial charge in [-0.25, -0.2) is 0 Å². The van der Waals surface area contributed by atoms with Crippen LogP contribution in [-0.4, -0.2) is 41.8 Å². The van der Waals surface area contributed by atoms with Gasteiger partial charge in [0.1, 0.15) is 11.7 Å². The molecule has 3 N–H and O–H groups in total. The van der Waals surface area contributed by atoms with Gasteiger partial charge in [-0.3, -0.25) is 19.4 Å². The zero-order chi connectivity index (χ0) is 24.2. The van der Waals surface area contributed by atoms with Crippen molar-refractivity contribution in [2.45, 2.75) is 59.4 Å². The summed E-state index contributed by atoms with van der Waals surface area (Å²) in [6.45, 7) is 8.68. The maximum absolute atomic E-state index is 12.8. The van der Waals surface area contributed by atoms with Gasteiger partial charge < -0.3 is 16.0 Å². The van der Waals surface area contributed by atoms with Crippen molar-refractivity contribution in [1.29, 1.82) is 0 Å². The first-order valence-corrected chi connectivity index (χ1v) is 11.7. The number of aromatic nitrogens is 1. The monoisotopic (exact) mass is 452 g/mol. The number of amides is 3. The summed E-state index contributed by atoms with van der Waals surface area (Å²) in [4.78, 5) is 42.3. The minimum Gasteiger partial charge on any atom is -0.354 e. The third-order valence-electron chi connectivity index (χ3n) is 5.30. The Labute approximate surface area is 196 Å². The van der Waals surface area contributed by atoms with Crippen molar-refractivity contribution in [2.24, 2.45) is 5.92 Å². The number of unbranched alkanes of at least 4 members (excludes halogenated alkanes) is 1. The second-order valence-corrected chi connectivity index (χ2v) is 8.73. The van der Waals surface area contributed by atoms with Crippen molar-refractivity contribution in [1.82, 2.24) is 20.9 Å². The number of nitrogens with one attached hydrogen (secondary N) is 3.